The molecule has 1 aliphatic carbocycles. The molecular weight excluding hydrogens is 372 g/mol. The lowest BCUT2D eigenvalue weighted by Gasteiger charge is -2.19. The Kier molecular flexibility index (Phi) is 7.20. The summed E-state index contributed by atoms with van der Waals surface area (Å²) in [5, 5.41) is 5.47. The molecule has 1 heterocycles. The predicted octanol–water partition coefficient (Wildman–Crippen LogP) is 4.76. The molecule has 1 amide bonds. The van der Waals surface area contributed by atoms with Crippen molar-refractivity contribution in [3.8, 4) is 10.6 Å². The molecular formula is C22H28N2O3S. The predicted molar refractivity (Wildman–Crippen MR) is 111 cm³/mol. The summed E-state index contributed by atoms with van der Waals surface area (Å²) in [4.78, 5) is 29.2. The number of esters is 1. The largest absolute Gasteiger partial charge is 0.448 e. The highest BCUT2D eigenvalue weighted by Crippen LogP contribution is 2.25. The molecule has 1 aromatic carbocycles. The topological polar surface area (TPSA) is 68.3 Å². The summed E-state index contributed by atoms with van der Waals surface area (Å²) in [5.74, 6) is -0.790. The third-order valence-electron chi connectivity index (χ3n) is 5.18. The van der Waals surface area contributed by atoms with Gasteiger partial charge < -0.3 is 10.1 Å². The first kappa shape index (κ1) is 20.5. The molecule has 1 atom stereocenters. The fraction of sp³-hybridized carbons (Fsp3) is 0.500. The lowest BCUT2D eigenvalue weighted by atomic mass is 10.1. The average Bonchev–Trinajstić information content (AvgIpc) is 3.07. The molecule has 0 bridgehead atoms. The number of hydrogen-bond donors (Lipinski definition) is 1. The summed E-state index contributed by atoms with van der Waals surface area (Å²) in [5.41, 5.74) is 2.47. The van der Waals surface area contributed by atoms with E-state index in [4.69, 9.17) is 4.74 Å². The Morgan fingerprint density at radius 3 is 2.50 bits per heavy atom. The monoisotopic (exact) mass is 400 g/mol. The van der Waals surface area contributed by atoms with Crippen molar-refractivity contribution in [2.45, 2.75) is 70.9 Å². The third-order valence-corrected chi connectivity index (χ3v) is 6.07. The minimum atomic E-state index is -0.829. The summed E-state index contributed by atoms with van der Waals surface area (Å²) in [6.45, 7) is 3.72. The van der Waals surface area contributed by atoms with Crippen LogP contribution in [0.3, 0.4) is 0 Å². The molecule has 6 heteroatoms. The number of aromatic nitrogens is 1. The molecule has 2 aromatic rings. The fourth-order valence-corrected chi connectivity index (χ4v) is 4.20. The summed E-state index contributed by atoms with van der Waals surface area (Å²) in [7, 11) is 0. The van der Waals surface area contributed by atoms with Crippen LogP contribution in [0.2, 0.25) is 0 Å². The molecule has 1 fully saturated rings. The number of nitrogens with zero attached hydrogens (tertiary/aromatic N) is 1. The summed E-state index contributed by atoms with van der Waals surface area (Å²) in [6, 6.07) is 8.34. The van der Waals surface area contributed by atoms with E-state index in [2.05, 4.69) is 29.4 Å². The van der Waals surface area contributed by atoms with E-state index < -0.39 is 12.1 Å². The summed E-state index contributed by atoms with van der Waals surface area (Å²) >= 11 is 1.40. The van der Waals surface area contributed by atoms with Gasteiger partial charge in [0.1, 0.15) is 5.01 Å². The molecule has 1 N–H and O–H groups in total. The van der Waals surface area contributed by atoms with Crippen LogP contribution in [0.1, 0.15) is 68.4 Å². The van der Waals surface area contributed by atoms with Gasteiger partial charge in [0.2, 0.25) is 0 Å². The first-order valence-corrected chi connectivity index (χ1v) is 11.0. The zero-order valence-corrected chi connectivity index (χ0v) is 17.4. The van der Waals surface area contributed by atoms with Crippen molar-refractivity contribution in [2.24, 2.45) is 0 Å². The number of ether oxygens (including phenoxy) is 1. The van der Waals surface area contributed by atoms with Gasteiger partial charge in [0, 0.05) is 17.0 Å². The van der Waals surface area contributed by atoms with Crippen molar-refractivity contribution in [2.75, 3.05) is 0 Å². The molecule has 1 aromatic heterocycles. The molecule has 150 valence electrons. The van der Waals surface area contributed by atoms with Crippen molar-refractivity contribution < 1.29 is 14.3 Å². The number of thiazole rings is 1. The van der Waals surface area contributed by atoms with Gasteiger partial charge in [-0.05, 0) is 31.7 Å². The van der Waals surface area contributed by atoms with Crippen molar-refractivity contribution >= 4 is 23.2 Å². The van der Waals surface area contributed by atoms with Crippen molar-refractivity contribution in [1.29, 1.82) is 0 Å². The maximum Gasteiger partial charge on any atom is 0.358 e. The highest BCUT2D eigenvalue weighted by molar-refractivity contribution is 7.13. The average molecular weight is 401 g/mol. The Bertz CT molecular complexity index is 792. The second-order valence-corrected chi connectivity index (χ2v) is 8.19. The van der Waals surface area contributed by atoms with E-state index in [9.17, 15) is 9.59 Å². The maximum atomic E-state index is 12.4. The van der Waals surface area contributed by atoms with Crippen LogP contribution in [-0.4, -0.2) is 29.0 Å². The number of nitrogens with one attached hydrogen (secondary N) is 1. The highest BCUT2D eigenvalue weighted by Gasteiger charge is 2.23. The van der Waals surface area contributed by atoms with Gasteiger partial charge in [-0.2, -0.15) is 0 Å². The molecule has 3 rings (SSSR count). The molecule has 0 saturated heterocycles. The van der Waals surface area contributed by atoms with Gasteiger partial charge in [-0.1, -0.05) is 56.9 Å². The first-order valence-electron chi connectivity index (χ1n) is 10.1. The second kappa shape index (κ2) is 9.82. The van der Waals surface area contributed by atoms with E-state index in [1.54, 1.807) is 12.3 Å². The van der Waals surface area contributed by atoms with Gasteiger partial charge in [0.05, 0.1) is 0 Å². The minimum absolute atomic E-state index is 0.188. The number of rotatable bonds is 6. The molecule has 1 saturated carbocycles. The van der Waals surface area contributed by atoms with Crippen LogP contribution >= 0.6 is 11.3 Å². The van der Waals surface area contributed by atoms with E-state index in [1.165, 1.54) is 29.7 Å². The molecule has 5 nitrogen and oxygen atoms in total. The fourth-order valence-electron chi connectivity index (χ4n) is 3.40. The Morgan fingerprint density at radius 1 is 1.18 bits per heavy atom. The van der Waals surface area contributed by atoms with Crippen molar-refractivity contribution in [3.63, 3.8) is 0 Å². The molecule has 0 unspecified atom stereocenters. The Morgan fingerprint density at radius 2 is 1.86 bits per heavy atom. The van der Waals surface area contributed by atoms with Gasteiger partial charge >= 0.3 is 5.97 Å². The van der Waals surface area contributed by atoms with Crippen molar-refractivity contribution in [3.05, 3.63) is 40.9 Å². The van der Waals surface area contributed by atoms with Crippen molar-refractivity contribution in [1.82, 2.24) is 10.3 Å². The van der Waals surface area contributed by atoms with E-state index in [0.717, 1.165) is 42.7 Å². The third kappa shape index (κ3) is 5.41. The SMILES string of the molecule is CCc1ccc(-c2nc(C(=O)O[C@H](C)C(=O)NC3CCCCCC3)cs2)cc1. The van der Waals surface area contributed by atoms with E-state index in [-0.39, 0.29) is 17.6 Å². The zero-order valence-electron chi connectivity index (χ0n) is 16.6. The standard InChI is InChI=1S/C22H28N2O3S/c1-3-16-10-12-17(13-11-16)21-24-19(14-28-21)22(26)27-15(2)20(25)23-18-8-6-4-5-7-9-18/h10-15,18H,3-9H2,1-2H3,(H,23,25)/t15-/m1/s1. The molecule has 28 heavy (non-hydrogen) atoms. The molecule has 0 aliphatic heterocycles. The van der Waals surface area contributed by atoms with Gasteiger partial charge in [0.25, 0.3) is 5.91 Å². The first-order chi connectivity index (χ1) is 13.6. The van der Waals surface area contributed by atoms with Gasteiger partial charge in [-0.3, -0.25) is 4.79 Å². The normalized spacial score (nSPS) is 16.2. The second-order valence-electron chi connectivity index (χ2n) is 7.33. The number of carbonyl (C=O) groups is 2. The Hall–Kier alpha value is -2.21. The van der Waals surface area contributed by atoms with Gasteiger partial charge in [0.15, 0.2) is 11.8 Å². The number of aryl methyl sites for hydroxylation is 1. The smallest absolute Gasteiger partial charge is 0.358 e. The number of amides is 1. The van der Waals surface area contributed by atoms with Gasteiger partial charge in [-0.15, -0.1) is 11.3 Å². The van der Waals surface area contributed by atoms with Crippen LogP contribution in [0.4, 0.5) is 0 Å². The zero-order chi connectivity index (χ0) is 19.9. The Labute approximate surface area is 170 Å². The van der Waals surface area contributed by atoms with Crippen LogP contribution in [0.5, 0.6) is 0 Å². The van der Waals surface area contributed by atoms with E-state index >= 15 is 0 Å². The number of hydrogen-bond acceptors (Lipinski definition) is 5. The lowest BCUT2D eigenvalue weighted by Crippen LogP contribution is -2.41. The van der Waals surface area contributed by atoms with Crippen LogP contribution in [0, 0.1) is 0 Å². The molecule has 0 spiro atoms. The van der Waals surface area contributed by atoms with Crippen LogP contribution in [-0.2, 0) is 16.0 Å². The van der Waals surface area contributed by atoms with E-state index in [1.807, 2.05) is 12.1 Å². The van der Waals surface area contributed by atoms with Crippen LogP contribution in [0.25, 0.3) is 10.6 Å². The molecule has 0 radical (unpaired) electrons. The lowest BCUT2D eigenvalue weighted by molar-refractivity contribution is -0.129. The quantitative estimate of drug-likeness (QED) is 0.561. The maximum absolute atomic E-state index is 12.4. The number of carbonyl (C=O) groups excluding carboxylic acids is 2. The summed E-state index contributed by atoms with van der Waals surface area (Å²) in [6.07, 6.45) is 6.88. The number of benzene rings is 1. The van der Waals surface area contributed by atoms with Gasteiger partial charge in [-0.25, -0.2) is 9.78 Å². The highest BCUT2D eigenvalue weighted by atomic mass is 32.1. The van der Waals surface area contributed by atoms with E-state index in [0.29, 0.717) is 0 Å². The summed E-state index contributed by atoms with van der Waals surface area (Å²) < 4.78 is 5.35. The molecule has 1 aliphatic rings. The Balaban J connectivity index is 1.56. The van der Waals surface area contributed by atoms with Crippen LogP contribution < -0.4 is 5.32 Å². The minimum Gasteiger partial charge on any atom is -0.448 e. The van der Waals surface area contributed by atoms with Crippen LogP contribution in [0.15, 0.2) is 29.6 Å².